The van der Waals surface area contributed by atoms with Crippen molar-refractivity contribution < 1.29 is 0 Å². The molecule has 2 nitrogen and oxygen atoms in total. The Labute approximate surface area is 113 Å². The summed E-state index contributed by atoms with van der Waals surface area (Å²) in [5.74, 6) is 8.00. The van der Waals surface area contributed by atoms with Crippen LogP contribution in [0, 0.1) is 0 Å². The zero-order chi connectivity index (χ0) is 13.4. The Balaban J connectivity index is 0. The van der Waals surface area contributed by atoms with Crippen LogP contribution in [-0.4, -0.2) is 5.25 Å². The molecule has 0 rings (SSSR count). The van der Waals surface area contributed by atoms with E-state index in [4.69, 9.17) is 0 Å². The number of unbranched alkanes of at least 4 members (excludes halogenated alkanes) is 6. The standard InChI is InChI=1S/C14H28S.H4N2/c1-4-7-8-9-10-11-12-13-14(5-2)15-6-3;1-2/h6,14H,3-5,7-13H2,1-2H3;1-2H2. The van der Waals surface area contributed by atoms with Crippen LogP contribution in [-0.2, 0) is 0 Å². The van der Waals surface area contributed by atoms with Crippen molar-refractivity contribution in [3.05, 3.63) is 12.0 Å². The van der Waals surface area contributed by atoms with E-state index in [0.29, 0.717) is 0 Å². The predicted molar refractivity (Wildman–Crippen MR) is 82.9 cm³/mol. The van der Waals surface area contributed by atoms with E-state index in [-0.39, 0.29) is 0 Å². The Morgan fingerprint density at radius 2 is 1.53 bits per heavy atom. The van der Waals surface area contributed by atoms with Crippen molar-refractivity contribution in [1.29, 1.82) is 0 Å². The molecule has 17 heavy (non-hydrogen) atoms. The maximum absolute atomic E-state index is 4.00. The largest absolute Gasteiger partial charge is 0.274 e. The summed E-state index contributed by atoms with van der Waals surface area (Å²) in [6.07, 6.45) is 12.6. The second kappa shape index (κ2) is 18.4. The van der Waals surface area contributed by atoms with Gasteiger partial charge in [-0.1, -0.05) is 65.4 Å². The lowest BCUT2D eigenvalue weighted by Crippen LogP contribution is -2.02. The third-order valence-electron chi connectivity index (χ3n) is 2.87. The number of hydrogen-bond acceptors (Lipinski definition) is 3. The van der Waals surface area contributed by atoms with Gasteiger partial charge in [0, 0.05) is 5.25 Å². The first kappa shape index (κ1) is 19.4. The maximum Gasteiger partial charge on any atom is 0.00856 e. The number of nitrogens with two attached hydrogens (primary N) is 2. The van der Waals surface area contributed by atoms with Crippen LogP contribution in [0.4, 0.5) is 0 Å². The van der Waals surface area contributed by atoms with E-state index in [9.17, 15) is 0 Å². The fourth-order valence-corrected chi connectivity index (χ4v) is 2.60. The SMILES string of the molecule is C=CSC(CC)CCCCCCCCC.NN. The Kier molecular flexibility index (Phi) is 20.9. The highest BCUT2D eigenvalue weighted by Gasteiger charge is 2.03. The molecule has 0 saturated heterocycles. The molecule has 0 spiro atoms. The van der Waals surface area contributed by atoms with Crippen LogP contribution < -0.4 is 11.7 Å². The molecule has 4 N–H and O–H groups in total. The molecular formula is C14H32N2S. The Hall–Kier alpha value is 0.01000. The van der Waals surface area contributed by atoms with Crippen molar-refractivity contribution in [2.24, 2.45) is 11.7 Å². The highest BCUT2D eigenvalue weighted by molar-refractivity contribution is 8.02. The summed E-state index contributed by atoms with van der Waals surface area (Å²) in [4.78, 5) is 0. The number of hydrogen-bond donors (Lipinski definition) is 2. The fraction of sp³-hybridized carbons (Fsp3) is 0.857. The predicted octanol–water partition coefficient (Wildman–Crippen LogP) is 4.60. The van der Waals surface area contributed by atoms with Crippen molar-refractivity contribution in [3.8, 4) is 0 Å². The average Bonchev–Trinajstić information content (AvgIpc) is 2.38. The Morgan fingerprint density at radius 3 is 2.00 bits per heavy atom. The molecule has 0 radical (unpaired) electrons. The van der Waals surface area contributed by atoms with Gasteiger partial charge in [0.2, 0.25) is 0 Å². The summed E-state index contributed by atoms with van der Waals surface area (Å²) in [6, 6.07) is 0. The Morgan fingerprint density at radius 1 is 1.00 bits per heavy atom. The molecule has 0 aromatic rings. The molecule has 0 heterocycles. The van der Waals surface area contributed by atoms with Gasteiger partial charge in [-0.3, -0.25) is 11.7 Å². The van der Waals surface area contributed by atoms with Gasteiger partial charge in [0.25, 0.3) is 0 Å². The van der Waals surface area contributed by atoms with Crippen LogP contribution in [0.1, 0.15) is 71.6 Å². The second-order valence-corrected chi connectivity index (χ2v) is 5.52. The molecule has 0 bridgehead atoms. The summed E-state index contributed by atoms with van der Waals surface area (Å²) >= 11 is 1.91. The summed E-state index contributed by atoms with van der Waals surface area (Å²) in [5.41, 5.74) is 0. The summed E-state index contributed by atoms with van der Waals surface area (Å²) in [5, 5.41) is 2.81. The van der Waals surface area contributed by atoms with Crippen molar-refractivity contribution in [2.45, 2.75) is 76.9 Å². The first-order valence-electron chi connectivity index (χ1n) is 6.94. The summed E-state index contributed by atoms with van der Waals surface area (Å²) in [7, 11) is 0. The molecule has 0 aliphatic rings. The maximum atomic E-state index is 4.00. The van der Waals surface area contributed by atoms with Gasteiger partial charge in [-0.05, 0) is 18.2 Å². The summed E-state index contributed by atoms with van der Waals surface area (Å²) in [6.45, 7) is 8.35. The van der Waals surface area contributed by atoms with Crippen molar-refractivity contribution in [3.63, 3.8) is 0 Å². The van der Waals surface area contributed by atoms with Gasteiger partial charge >= 0.3 is 0 Å². The molecule has 1 atom stereocenters. The van der Waals surface area contributed by atoms with Gasteiger partial charge in [0.05, 0.1) is 0 Å². The van der Waals surface area contributed by atoms with E-state index >= 15 is 0 Å². The first-order valence-corrected chi connectivity index (χ1v) is 7.89. The van der Waals surface area contributed by atoms with Gasteiger partial charge in [-0.25, -0.2) is 0 Å². The molecule has 0 amide bonds. The quantitative estimate of drug-likeness (QED) is 0.324. The normalized spacial score (nSPS) is 11.5. The summed E-state index contributed by atoms with van der Waals surface area (Å²) < 4.78 is 0. The number of thioether (sulfide) groups is 1. The van der Waals surface area contributed by atoms with Crippen LogP contribution in [0.15, 0.2) is 12.0 Å². The molecule has 0 aliphatic carbocycles. The van der Waals surface area contributed by atoms with Gasteiger partial charge in [-0.15, -0.1) is 11.8 Å². The monoisotopic (exact) mass is 260 g/mol. The second-order valence-electron chi connectivity index (χ2n) is 4.24. The van der Waals surface area contributed by atoms with Crippen LogP contribution in [0.25, 0.3) is 0 Å². The zero-order valence-corrected chi connectivity index (χ0v) is 12.6. The lowest BCUT2D eigenvalue weighted by atomic mass is 10.1. The molecule has 104 valence electrons. The first-order chi connectivity index (χ1) is 8.35. The van der Waals surface area contributed by atoms with Gasteiger partial charge in [-0.2, -0.15) is 0 Å². The average molecular weight is 260 g/mol. The topological polar surface area (TPSA) is 52.0 Å². The van der Waals surface area contributed by atoms with E-state index in [2.05, 4.69) is 32.1 Å². The number of rotatable bonds is 11. The molecule has 0 aromatic heterocycles. The van der Waals surface area contributed by atoms with Gasteiger partial charge in [0.1, 0.15) is 0 Å². The van der Waals surface area contributed by atoms with Crippen LogP contribution in [0.2, 0.25) is 0 Å². The van der Waals surface area contributed by atoms with E-state index < -0.39 is 0 Å². The molecule has 3 heteroatoms. The van der Waals surface area contributed by atoms with E-state index in [1.54, 1.807) is 0 Å². The minimum Gasteiger partial charge on any atom is -0.274 e. The smallest absolute Gasteiger partial charge is 0.00856 e. The van der Waals surface area contributed by atoms with Crippen LogP contribution in [0.5, 0.6) is 0 Å². The Bertz CT molecular complexity index is 140. The minimum absolute atomic E-state index is 0.818. The van der Waals surface area contributed by atoms with Gasteiger partial charge in [0.15, 0.2) is 0 Å². The van der Waals surface area contributed by atoms with Crippen LogP contribution in [0.3, 0.4) is 0 Å². The highest BCUT2D eigenvalue weighted by atomic mass is 32.2. The third kappa shape index (κ3) is 16.0. The zero-order valence-electron chi connectivity index (χ0n) is 11.8. The third-order valence-corrected chi connectivity index (χ3v) is 4.02. The van der Waals surface area contributed by atoms with Gasteiger partial charge < -0.3 is 0 Å². The van der Waals surface area contributed by atoms with Crippen molar-refractivity contribution >= 4 is 11.8 Å². The van der Waals surface area contributed by atoms with Crippen molar-refractivity contribution in [2.75, 3.05) is 0 Å². The number of hydrazine groups is 1. The molecule has 0 saturated carbocycles. The van der Waals surface area contributed by atoms with Crippen LogP contribution >= 0.6 is 11.8 Å². The fourth-order valence-electron chi connectivity index (χ4n) is 1.83. The van der Waals surface area contributed by atoms with E-state index in [1.807, 2.05) is 17.2 Å². The minimum atomic E-state index is 0.818. The molecular weight excluding hydrogens is 228 g/mol. The lowest BCUT2D eigenvalue weighted by Gasteiger charge is -2.11. The molecule has 1 unspecified atom stereocenters. The molecule has 0 aliphatic heterocycles. The van der Waals surface area contributed by atoms with E-state index in [0.717, 1.165) is 5.25 Å². The lowest BCUT2D eigenvalue weighted by molar-refractivity contribution is 0.567. The molecule has 0 aromatic carbocycles. The molecule has 0 fully saturated rings. The van der Waals surface area contributed by atoms with E-state index in [1.165, 1.54) is 57.8 Å². The van der Waals surface area contributed by atoms with Crippen molar-refractivity contribution in [1.82, 2.24) is 0 Å². The highest BCUT2D eigenvalue weighted by Crippen LogP contribution is 2.21.